The molecule has 0 fully saturated rings. The Hall–Kier alpha value is -4.22. The minimum atomic E-state index is -3.84. The van der Waals surface area contributed by atoms with Crippen molar-refractivity contribution >= 4 is 38.5 Å². The highest BCUT2D eigenvalue weighted by Gasteiger charge is 2.26. The number of aromatic nitrogens is 2. The molecule has 0 atom stereocenters. The molecule has 0 saturated carbocycles. The lowest BCUT2D eigenvalue weighted by molar-refractivity contribution is -0.143. The molecular formula is C29H34N6O4S. The Labute approximate surface area is 234 Å². The number of hydrogen-bond acceptors (Lipinski definition) is 7. The Bertz CT molecular complexity index is 1600. The second-order valence-corrected chi connectivity index (χ2v) is 11.4. The Kier molecular flexibility index (Phi) is 8.86. The smallest absolute Gasteiger partial charge is 0.326 e. The van der Waals surface area contributed by atoms with Crippen LogP contribution in [0.3, 0.4) is 0 Å². The second kappa shape index (κ2) is 12.3. The van der Waals surface area contributed by atoms with Crippen LogP contribution in [0.25, 0.3) is 11.0 Å². The number of nitrogen functional groups attached to an aromatic ring is 1. The summed E-state index contributed by atoms with van der Waals surface area (Å²) in [5, 5.41) is 7.62. The summed E-state index contributed by atoms with van der Waals surface area (Å²) in [6.07, 6.45) is 0.411. The lowest BCUT2D eigenvalue weighted by Crippen LogP contribution is -2.36. The van der Waals surface area contributed by atoms with E-state index in [2.05, 4.69) is 0 Å². The van der Waals surface area contributed by atoms with Crippen molar-refractivity contribution in [2.45, 2.75) is 24.8 Å². The molecule has 0 saturated heterocycles. The van der Waals surface area contributed by atoms with Crippen LogP contribution in [0.2, 0.25) is 0 Å². The standard InChI is InChI=1S/C29H34N6O4S/c1-4-39-28(36)20-34-26-15-14-23(35(17-16-33(2)3)40(37,38)24-8-6-5-7-9-24)19-25(26)32-27(34)18-21-10-12-22(13-11-21)29(30)31/h5-15,19H,4,16-18,20H2,1-3H3,(H3,30,31). The lowest BCUT2D eigenvalue weighted by Gasteiger charge is -2.26. The van der Waals surface area contributed by atoms with E-state index in [0.717, 1.165) is 5.56 Å². The van der Waals surface area contributed by atoms with E-state index in [9.17, 15) is 13.2 Å². The molecule has 210 valence electrons. The molecule has 0 aliphatic heterocycles. The van der Waals surface area contributed by atoms with Crippen LogP contribution in [0, 0.1) is 5.41 Å². The van der Waals surface area contributed by atoms with Crippen molar-refractivity contribution in [2.24, 2.45) is 5.73 Å². The molecule has 4 rings (SSSR count). The Morgan fingerprint density at radius 2 is 1.73 bits per heavy atom. The largest absolute Gasteiger partial charge is 0.465 e. The predicted octanol–water partition coefficient (Wildman–Crippen LogP) is 3.23. The molecule has 1 heterocycles. The predicted molar refractivity (Wildman–Crippen MR) is 156 cm³/mol. The molecule has 0 unspecified atom stereocenters. The number of amidine groups is 1. The minimum absolute atomic E-state index is 0.0158. The van der Waals surface area contributed by atoms with E-state index in [1.807, 2.05) is 31.1 Å². The molecule has 3 aromatic carbocycles. The van der Waals surface area contributed by atoms with Crippen LogP contribution in [-0.2, 0) is 32.5 Å². The third-order valence-corrected chi connectivity index (χ3v) is 8.24. The number of nitrogens with two attached hydrogens (primary N) is 1. The van der Waals surface area contributed by atoms with E-state index in [4.69, 9.17) is 20.9 Å². The van der Waals surface area contributed by atoms with Gasteiger partial charge in [-0.1, -0.05) is 42.5 Å². The van der Waals surface area contributed by atoms with Gasteiger partial charge in [-0.3, -0.25) is 14.5 Å². The number of esters is 1. The number of imidazole rings is 1. The monoisotopic (exact) mass is 562 g/mol. The van der Waals surface area contributed by atoms with Crippen LogP contribution in [0.1, 0.15) is 23.9 Å². The molecule has 0 amide bonds. The molecule has 0 radical (unpaired) electrons. The van der Waals surface area contributed by atoms with Gasteiger partial charge in [0.05, 0.1) is 28.2 Å². The maximum Gasteiger partial charge on any atom is 0.326 e. The number of nitrogens with one attached hydrogen (secondary N) is 1. The topological polar surface area (TPSA) is 135 Å². The van der Waals surface area contributed by atoms with Gasteiger partial charge in [0, 0.05) is 25.1 Å². The first-order valence-electron chi connectivity index (χ1n) is 12.9. The number of carbonyl (C=O) groups is 1. The van der Waals surface area contributed by atoms with Gasteiger partial charge < -0.3 is 19.9 Å². The SMILES string of the molecule is CCOC(=O)Cn1c(Cc2ccc(C(=N)N)cc2)nc2cc(N(CCN(C)C)S(=O)(=O)c3ccccc3)ccc21. The van der Waals surface area contributed by atoms with Crippen LogP contribution in [0.4, 0.5) is 5.69 Å². The molecule has 40 heavy (non-hydrogen) atoms. The van der Waals surface area contributed by atoms with E-state index < -0.39 is 16.0 Å². The van der Waals surface area contributed by atoms with E-state index in [1.165, 1.54) is 4.31 Å². The average molecular weight is 563 g/mol. The zero-order chi connectivity index (χ0) is 28.9. The van der Waals surface area contributed by atoms with E-state index in [1.54, 1.807) is 72.2 Å². The summed E-state index contributed by atoms with van der Waals surface area (Å²) in [6, 6.07) is 20.9. The number of likely N-dealkylation sites (N-methyl/N-ethyl adjacent to an activating group) is 1. The fourth-order valence-electron chi connectivity index (χ4n) is 4.35. The van der Waals surface area contributed by atoms with Crippen molar-refractivity contribution in [3.8, 4) is 0 Å². The summed E-state index contributed by atoms with van der Waals surface area (Å²) >= 11 is 0. The first kappa shape index (κ1) is 28.8. The van der Waals surface area contributed by atoms with Gasteiger partial charge in [-0.15, -0.1) is 0 Å². The first-order valence-corrected chi connectivity index (χ1v) is 14.3. The molecule has 0 aliphatic rings. The molecule has 4 aromatic rings. The molecule has 0 spiro atoms. The van der Waals surface area contributed by atoms with Crippen molar-refractivity contribution in [3.63, 3.8) is 0 Å². The molecule has 11 heteroatoms. The third kappa shape index (κ3) is 6.49. The van der Waals surface area contributed by atoms with E-state index in [-0.39, 0.29) is 30.4 Å². The molecule has 10 nitrogen and oxygen atoms in total. The van der Waals surface area contributed by atoms with Gasteiger partial charge in [-0.25, -0.2) is 13.4 Å². The van der Waals surface area contributed by atoms with Gasteiger partial charge in [0.1, 0.15) is 18.2 Å². The van der Waals surface area contributed by atoms with Gasteiger partial charge in [0.2, 0.25) is 0 Å². The van der Waals surface area contributed by atoms with Crippen molar-refractivity contribution in [1.29, 1.82) is 5.41 Å². The van der Waals surface area contributed by atoms with Crippen LogP contribution in [0.15, 0.2) is 77.7 Å². The summed E-state index contributed by atoms with van der Waals surface area (Å²) in [5.41, 5.74) is 8.86. The van der Waals surface area contributed by atoms with Gasteiger partial charge in [0.15, 0.2) is 0 Å². The van der Waals surface area contributed by atoms with Crippen molar-refractivity contribution in [2.75, 3.05) is 38.1 Å². The Morgan fingerprint density at radius 3 is 2.35 bits per heavy atom. The van der Waals surface area contributed by atoms with Crippen molar-refractivity contribution < 1.29 is 17.9 Å². The summed E-state index contributed by atoms with van der Waals surface area (Å²) < 4.78 is 35.8. The van der Waals surface area contributed by atoms with E-state index in [0.29, 0.717) is 41.1 Å². The van der Waals surface area contributed by atoms with E-state index >= 15 is 0 Å². The normalized spacial score (nSPS) is 11.6. The molecule has 1 aromatic heterocycles. The fraction of sp³-hybridized carbons (Fsp3) is 0.276. The number of fused-ring (bicyclic) bond motifs is 1. The second-order valence-electron chi connectivity index (χ2n) is 9.57. The molecular weight excluding hydrogens is 528 g/mol. The maximum absolute atomic E-state index is 13.7. The van der Waals surface area contributed by atoms with Crippen LogP contribution < -0.4 is 10.0 Å². The van der Waals surface area contributed by atoms with Gasteiger partial charge >= 0.3 is 5.97 Å². The summed E-state index contributed by atoms with van der Waals surface area (Å²) in [7, 11) is -0.0540. The van der Waals surface area contributed by atoms with Gasteiger partial charge in [0.25, 0.3) is 10.0 Å². The minimum Gasteiger partial charge on any atom is -0.465 e. The zero-order valence-electron chi connectivity index (χ0n) is 22.9. The number of rotatable bonds is 12. The Morgan fingerprint density at radius 1 is 1.02 bits per heavy atom. The van der Waals surface area contributed by atoms with Crippen LogP contribution >= 0.6 is 0 Å². The number of sulfonamides is 1. The number of benzene rings is 3. The highest BCUT2D eigenvalue weighted by molar-refractivity contribution is 7.92. The van der Waals surface area contributed by atoms with Gasteiger partial charge in [-0.05, 0) is 56.9 Å². The van der Waals surface area contributed by atoms with Crippen LogP contribution in [0.5, 0.6) is 0 Å². The number of carbonyl (C=O) groups excluding carboxylic acids is 1. The van der Waals surface area contributed by atoms with Gasteiger partial charge in [-0.2, -0.15) is 0 Å². The highest BCUT2D eigenvalue weighted by atomic mass is 32.2. The fourth-order valence-corrected chi connectivity index (χ4v) is 5.82. The Balaban J connectivity index is 1.78. The molecule has 3 N–H and O–H groups in total. The maximum atomic E-state index is 13.7. The van der Waals surface area contributed by atoms with Crippen molar-refractivity contribution in [1.82, 2.24) is 14.5 Å². The first-order chi connectivity index (χ1) is 19.1. The van der Waals surface area contributed by atoms with Crippen molar-refractivity contribution in [3.05, 3.63) is 89.7 Å². The number of ether oxygens (including phenoxy) is 1. The third-order valence-electron chi connectivity index (χ3n) is 6.40. The number of anilines is 1. The highest BCUT2D eigenvalue weighted by Crippen LogP contribution is 2.28. The summed E-state index contributed by atoms with van der Waals surface area (Å²) in [4.78, 5) is 19.4. The summed E-state index contributed by atoms with van der Waals surface area (Å²) in [5.74, 6) is 0.220. The lowest BCUT2D eigenvalue weighted by atomic mass is 10.1. The summed E-state index contributed by atoms with van der Waals surface area (Å²) in [6.45, 7) is 2.74. The zero-order valence-corrected chi connectivity index (χ0v) is 23.7. The number of nitrogens with zero attached hydrogens (tertiary/aromatic N) is 4. The average Bonchev–Trinajstić information content (AvgIpc) is 3.25. The number of hydrogen-bond donors (Lipinski definition) is 2. The van der Waals surface area contributed by atoms with Crippen LogP contribution in [-0.4, -0.2) is 68.5 Å². The molecule has 0 aliphatic carbocycles. The quantitative estimate of drug-likeness (QED) is 0.154. The molecule has 0 bridgehead atoms.